The fourth-order valence-corrected chi connectivity index (χ4v) is 2.65. The van der Waals surface area contributed by atoms with Crippen LogP contribution < -0.4 is 9.47 Å². The first-order valence-electron chi connectivity index (χ1n) is 9.97. The first-order valence-corrected chi connectivity index (χ1v) is 9.97. The van der Waals surface area contributed by atoms with Gasteiger partial charge in [0, 0.05) is 0 Å². The van der Waals surface area contributed by atoms with Crippen LogP contribution in [0.4, 0.5) is 0 Å². The van der Waals surface area contributed by atoms with Crippen LogP contribution in [0.3, 0.4) is 0 Å². The van der Waals surface area contributed by atoms with Gasteiger partial charge in [0.15, 0.2) is 0 Å². The van der Waals surface area contributed by atoms with Crippen molar-refractivity contribution in [3.05, 3.63) is 59.7 Å². The zero-order chi connectivity index (χ0) is 19.9. The lowest BCUT2D eigenvalue weighted by atomic mass is 10.00. The Morgan fingerprint density at radius 3 is 1.81 bits per heavy atom. The third kappa shape index (κ3) is 6.13. The fourth-order valence-electron chi connectivity index (χ4n) is 2.65. The third-order valence-electron chi connectivity index (χ3n) is 5.35. The molecule has 0 amide bonds. The fraction of sp³-hybridized carbons (Fsp3) is 0.458. The molecular formula is C24H32O3. The maximum absolute atomic E-state index is 11.9. The summed E-state index contributed by atoms with van der Waals surface area (Å²) in [4.78, 5) is 11.9. The van der Waals surface area contributed by atoms with E-state index in [1.807, 2.05) is 50.2 Å². The molecule has 2 rings (SSSR count). The molecule has 0 aliphatic carbocycles. The Hall–Kier alpha value is -2.29. The van der Waals surface area contributed by atoms with E-state index in [9.17, 15) is 4.79 Å². The van der Waals surface area contributed by atoms with Crippen molar-refractivity contribution in [2.45, 2.75) is 65.9 Å². The van der Waals surface area contributed by atoms with Crippen LogP contribution in [0.1, 0.15) is 65.0 Å². The van der Waals surface area contributed by atoms with Crippen molar-refractivity contribution in [1.82, 2.24) is 0 Å². The summed E-state index contributed by atoms with van der Waals surface area (Å²) < 4.78 is 11.5. The number of esters is 1. The maximum Gasteiger partial charge on any atom is 0.314 e. The second kappa shape index (κ2) is 9.59. The largest absolute Gasteiger partial charge is 0.488 e. The lowest BCUT2D eigenvalue weighted by Crippen LogP contribution is -2.30. The molecule has 2 aromatic carbocycles. The van der Waals surface area contributed by atoms with Gasteiger partial charge < -0.3 is 9.47 Å². The van der Waals surface area contributed by atoms with Crippen molar-refractivity contribution in [3.8, 4) is 11.5 Å². The lowest BCUT2D eigenvalue weighted by Gasteiger charge is -2.28. The molecule has 2 aromatic rings. The molecule has 0 saturated carbocycles. The van der Waals surface area contributed by atoms with E-state index in [0.717, 1.165) is 31.4 Å². The van der Waals surface area contributed by atoms with E-state index >= 15 is 0 Å². The topological polar surface area (TPSA) is 35.5 Å². The molecule has 0 radical (unpaired) electrons. The summed E-state index contributed by atoms with van der Waals surface area (Å²) in [5, 5.41) is 0. The van der Waals surface area contributed by atoms with Gasteiger partial charge in [-0.3, -0.25) is 4.79 Å². The van der Waals surface area contributed by atoms with Gasteiger partial charge in [-0.1, -0.05) is 52.0 Å². The molecule has 0 fully saturated rings. The van der Waals surface area contributed by atoms with E-state index in [1.165, 1.54) is 11.1 Å². The Kier molecular flexibility index (Phi) is 7.46. The average Bonchev–Trinajstić information content (AvgIpc) is 2.70. The minimum absolute atomic E-state index is 0.0762. The van der Waals surface area contributed by atoms with Crippen LogP contribution in [0.15, 0.2) is 48.5 Å². The van der Waals surface area contributed by atoms with Gasteiger partial charge in [-0.25, -0.2) is 0 Å². The van der Waals surface area contributed by atoms with Crippen molar-refractivity contribution in [2.24, 2.45) is 5.92 Å². The number of ether oxygens (including phenoxy) is 2. The molecule has 1 unspecified atom stereocenters. The zero-order valence-corrected chi connectivity index (χ0v) is 17.2. The molecule has 0 aliphatic rings. The number of hydrogen-bond donors (Lipinski definition) is 0. The quantitative estimate of drug-likeness (QED) is 0.391. The van der Waals surface area contributed by atoms with Gasteiger partial charge in [0.25, 0.3) is 0 Å². The van der Waals surface area contributed by atoms with E-state index in [0.29, 0.717) is 5.75 Å². The monoisotopic (exact) mass is 368 g/mol. The van der Waals surface area contributed by atoms with Crippen LogP contribution >= 0.6 is 0 Å². The highest BCUT2D eigenvalue weighted by molar-refractivity contribution is 5.74. The Bertz CT molecular complexity index is 712. The van der Waals surface area contributed by atoms with Crippen LogP contribution in [0.2, 0.25) is 0 Å². The zero-order valence-electron chi connectivity index (χ0n) is 17.2. The second-order valence-electron chi connectivity index (χ2n) is 7.45. The van der Waals surface area contributed by atoms with Gasteiger partial charge in [0.2, 0.25) is 0 Å². The van der Waals surface area contributed by atoms with Crippen LogP contribution in [0.25, 0.3) is 0 Å². The third-order valence-corrected chi connectivity index (χ3v) is 5.35. The smallest absolute Gasteiger partial charge is 0.314 e. The van der Waals surface area contributed by atoms with E-state index in [2.05, 4.69) is 32.9 Å². The number of carbonyl (C=O) groups excluding carboxylic acids is 1. The van der Waals surface area contributed by atoms with Gasteiger partial charge >= 0.3 is 5.97 Å². The molecule has 1 atom stereocenters. The highest BCUT2D eigenvalue weighted by atomic mass is 16.5. The summed E-state index contributed by atoms with van der Waals surface area (Å²) in [6.07, 6.45) is 3.59. The van der Waals surface area contributed by atoms with Gasteiger partial charge in [0.1, 0.15) is 17.1 Å². The molecule has 0 aliphatic heterocycles. The summed E-state index contributed by atoms with van der Waals surface area (Å²) in [6.45, 7) is 10.3. The molecule has 0 N–H and O–H groups in total. The number of benzene rings is 2. The standard InChI is InChI=1S/C24H32O3/c1-6-18(4)23(25)26-21-13-9-19(10-14-21)17-20-11-15-22(16-12-20)27-24(5,7-2)8-3/h9-16,18H,6-8,17H2,1-5H3. The molecule has 0 spiro atoms. The van der Waals surface area contributed by atoms with E-state index < -0.39 is 0 Å². The molecule has 0 saturated heterocycles. The first-order chi connectivity index (χ1) is 12.9. The van der Waals surface area contributed by atoms with Gasteiger partial charge in [-0.15, -0.1) is 0 Å². The predicted octanol–water partition coefficient (Wildman–Crippen LogP) is 6.19. The molecule has 0 heterocycles. The van der Waals surface area contributed by atoms with E-state index in [-0.39, 0.29) is 17.5 Å². The summed E-state index contributed by atoms with van der Waals surface area (Å²) in [6, 6.07) is 16.0. The number of rotatable bonds is 9. The molecule has 3 nitrogen and oxygen atoms in total. The number of carbonyl (C=O) groups is 1. The summed E-state index contributed by atoms with van der Waals surface area (Å²) >= 11 is 0. The van der Waals surface area contributed by atoms with Crippen molar-refractivity contribution < 1.29 is 14.3 Å². The summed E-state index contributed by atoms with van der Waals surface area (Å²) in [5.41, 5.74) is 2.30. The predicted molar refractivity (Wildman–Crippen MR) is 110 cm³/mol. The molecule has 27 heavy (non-hydrogen) atoms. The summed E-state index contributed by atoms with van der Waals surface area (Å²) in [7, 11) is 0. The van der Waals surface area contributed by atoms with Crippen molar-refractivity contribution in [3.63, 3.8) is 0 Å². The van der Waals surface area contributed by atoms with Crippen molar-refractivity contribution >= 4 is 5.97 Å². The summed E-state index contributed by atoms with van der Waals surface area (Å²) in [5.74, 6) is 1.27. The Morgan fingerprint density at radius 1 is 0.889 bits per heavy atom. The SMILES string of the molecule is CCC(C)C(=O)Oc1ccc(Cc2ccc(OC(C)(CC)CC)cc2)cc1. The van der Waals surface area contributed by atoms with Crippen molar-refractivity contribution in [2.75, 3.05) is 0 Å². The van der Waals surface area contributed by atoms with E-state index in [1.54, 1.807) is 0 Å². The maximum atomic E-state index is 11.9. The van der Waals surface area contributed by atoms with Crippen LogP contribution in [0.5, 0.6) is 11.5 Å². The lowest BCUT2D eigenvalue weighted by molar-refractivity contribution is -0.138. The molecule has 0 aromatic heterocycles. The van der Waals surface area contributed by atoms with E-state index in [4.69, 9.17) is 9.47 Å². The molecule has 0 bridgehead atoms. The highest BCUT2D eigenvalue weighted by Gasteiger charge is 2.21. The Balaban J connectivity index is 1.96. The second-order valence-corrected chi connectivity index (χ2v) is 7.45. The Labute approximate surface area is 163 Å². The van der Waals surface area contributed by atoms with Gasteiger partial charge in [-0.2, -0.15) is 0 Å². The number of hydrogen-bond acceptors (Lipinski definition) is 3. The molecular weight excluding hydrogens is 336 g/mol. The molecule has 146 valence electrons. The molecule has 3 heteroatoms. The van der Waals surface area contributed by atoms with Crippen LogP contribution in [-0.4, -0.2) is 11.6 Å². The van der Waals surface area contributed by atoms with Crippen LogP contribution in [-0.2, 0) is 11.2 Å². The van der Waals surface area contributed by atoms with Crippen molar-refractivity contribution in [1.29, 1.82) is 0 Å². The highest BCUT2D eigenvalue weighted by Crippen LogP contribution is 2.25. The average molecular weight is 369 g/mol. The Morgan fingerprint density at radius 2 is 1.37 bits per heavy atom. The minimum Gasteiger partial charge on any atom is -0.488 e. The van der Waals surface area contributed by atoms with Gasteiger partial charge in [-0.05, 0) is 68.0 Å². The minimum atomic E-state index is -0.174. The van der Waals surface area contributed by atoms with Crippen LogP contribution in [0, 0.1) is 5.92 Å². The normalized spacial score (nSPS) is 12.5. The van der Waals surface area contributed by atoms with Gasteiger partial charge in [0.05, 0.1) is 5.92 Å². The first kappa shape index (κ1) is 21.0.